The highest BCUT2D eigenvalue weighted by atomic mass is 16.2. The van der Waals surface area contributed by atoms with Gasteiger partial charge in [0.05, 0.1) is 0 Å². The van der Waals surface area contributed by atoms with E-state index in [0.717, 1.165) is 32.1 Å². The van der Waals surface area contributed by atoms with Gasteiger partial charge < -0.3 is 5.32 Å². The van der Waals surface area contributed by atoms with Gasteiger partial charge in [0.1, 0.15) is 5.78 Å². The van der Waals surface area contributed by atoms with E-state index in [4.69, 9.17) is 0 Å². The first kappa shape index (κ1) is 12.6. The van der Waals surface area contributed by atoms with Crippen molar-refractivity contribution in [3.8, 4) is 0 Å². The highest BCUT2D eigenvalue weighted by Crippen LogP contribution is 2.40. The lowest BCUT2D eigenvalue weighted by Crippen LogP contribution is -2.44. The van der Waals surface area contributed by atoms with E-state index < -0.39 is 0 Å². The molecule has 1 amide bonds. The first-order chi connectivity index (χ1) is 8.11. The van der Waals surface area contributed by atoms with Gasteiger partial charge in [-0.2, -0.15) is 0 Å². The summed E-state index contributed by atoms with van der Waals surface area (Å²) < 4.78 is 0. The molecule has 2 fully saturated rings. The highest BCUT2D eigenvalue weighted by molar-refractivity contribution is 5.88. The Hall–Kier alpha value is -0.860. The van der Waals surface area contributed by atoms with Gasteiger partial charge in [0.25, 0.3) is 0 Å². The van der Waals surface area contributed by atoms with Crippen molar-refractivity contribution < 1.29 is 9.59 Å². The predicted molar refractivity (Wildman–Crippen MR) is 66.5 cm³/mol. The molecule has 1 N–H and O–H groups in total. The fraction of sp³-hybridized carbons (Fsp3) is 0.857. The van der Waals surface area contributed by atoms with Gasteiger partial charge in [-0.3, -0.25) is 9.59 Å². The molecular formula is C14H23NO2. The van der Waals surface area contributed by atoms with Gasteiger partial charge in [-0.05, 0) is 39.0 Å². The molecule has 0 saturated heterocycles. The molecule has 2 aliphatic rings. The van der Waals surface area contributed by atoms with E-state index in [0.29, 0.717) is 5.78 Å². The summed E-state index contributed by atoms with van der Waals surface area (Å²) in [5.74, 6) is 1.04. The summed E-state index contributed by atoms with van der Waals surface area (Å²) in [5, 5.41) is 3.05. The molecule has 2 aliphatic carbocycles. The molecule has 0 radical (unpaired) electrons. The largest absolute Gasteiger partial charge is 0.353 e. The predicted octanol–water partition coefficient (Wildman–Crippen LogP) is 2.30. The molecular weight excluding hydrogens is 214 g/mol. The fourth-order valence-corrected chi connectivity index (χ4v) is 3.16. The van der Waals surface area contributed by atoms with Gasteiger partial charge >= 0.3 is 0 Å². The summed E-state index contributed by atoms with van der Waals surface area (Å²) in [4.78, 5) is 24.0. The van der Waals surface area contributed by atoms with Crippen LogP contribution < -0.4 is 5.32 Å². The number of amides is 1. The molecule has 0 aromatic carbocycles. The zero-order valence-electron chi connectivity index (χ0n) is 10.9. The molecule has 3 nitrogen and oxygen atoms in total. The van der Waals surface area contributed by atoms with Crippen molar-refractivity contribution in [2.24, 2.45) is 17.8 Å². The van der Waals surface area contributed by atoms with Crippen molar-refractivity contribution in [3.63, 3.8) is 0 Å². The Balaban J connectivity index is 1.95. The second kappa shape index (κ2) is 5.19. The molecule has 3 heteroatoms. The quantitative estimate of drug-likeness (QED) is 0.818. The number of nitrogens with one attached hydrogen (secondary N) is 1. The summed E-state index contributed by atoms with van der Waals surface area (Å²) in [7, 11) is 0. The van der Waals surface area contributed by atoms with Crippen LogP contribution in [0.25, 0.3) is 0 Å². The van der Waals surface area contributed by atoms with Gasteiger partial charge in [-0.1, -0.05) is 13.3 Å². The van der Waals surface area contributed by atoms with Crippen LogP contribution in [0.4, 0.5) is 0 Å². The minimum atomic E-state index is 0.0806. The average molecular weight is 237 g/mol. The number of Topliss-reactive ketones (excluding diaryl/α,β-unsaturated/α-hetero) is 1. The van der Waals surface area contributed by atoms with E-state index in [-0.39, 0.29) is 29.7 Å². The molecule has 0 spiro atoms. The summed E-state index contributed by atoms with van der Waals surface area (Å²) >= 11 is 0. The lowest BCUT2D eigenvalue weighted by molar-refractivity contribution is -0.137. The Morgan fingerprint density at radius 3 is 2.47 bits per heavy atom. The SMILES string of the molecule is CC[C@H](C)NC(=O)C1C[C@H]2CCC[C@@H](C1)C2=O. The maximum Gasteiger partial charge on any atom is 0.223 e. The lowest BCUT2D eigenvalue weighted by Gasteiger charge is -2.37. The third kappa shape index (κ3) is 2.70. The molecule has 2 rings (SSSR count). The fourth-order valence-electron chi connectivity index (χ4n) is 3.16. The topological polar surface area (TPSA) is 46.2 Å². The molecule has 96 valence electrons. The monoisotopic (exact) mass is 237 g/mol. The molecule has 0 aromatic heterocycles. The van der Waals surface area contributed by atoms with Gasteiger partial charge in [-0.15, -0.1) is 0 Å². The third-order valence-electron chi connectivity index (χ3n) is 4.42. The van der Waals surface area contributed by atoms with Gasteiger partial charge in [0.15, 0.2) is 0 Å². The number of carbonyl (C=O) groups excluding carboxylic acids is 2. The Morgan fingerprint density at radius 1 is 1.35 bits per heavy atom. The first-order valence-corrected chi connectivity index (χ1v) is 6.96. The average Bonchev–Trinajstić information content (AvgIpc) is 2.28. The number of carbonyl (C=O) groups is 2. The molecule has 0 aromatic rings. The molecule has 4 atom stereocenters. The number of fused-ring (bicyclic) bond motifs is 2. The van der Waals surface area contributed by atoms with Crippen LogP contribution in [0.3, 0.4) is 0 Å². The zero-order valence-corrected chi connectivity index (χ0v) is 10.9. The third-order valence-corrected chi connectivity index (χ3v) is 4.42. The molecule has 1 unspecified atom stereocenters. The van der Waals surface area contributed by atoms with Crippen molar-refractivity contribution in [1.82, 2.24) is 5.32 Å². The van der Waals surface area contributed by atoms with Crippen LogP contribution in [0, 0.1) is 17.8 Å². The maximum absolute atomic E-state index is 12.1. The van der Waals surface area contributed by atoms with Crippen LogP contribution in [0.1, 0.15) is 52.4 Å². The number of hydrogen-bond acceptors (Lipinski definition) is 2. The highest BCUT2D eigenvalue weighted by Gasteiger charge is 2.41. The lowest BCUT2D eigenvalue weighted by atomic mass is 9.67. The Morgan fingerprint density at radius 2 is 1.94 bits per heavy atom. The van der Waals surface area contributed by atoms with E-state index in [1.165, 1.54) is 6.42 Å². The molecule has 0 heterocycles. The van der Waals surface area contributed by atoms with Crippen LogP contribution >= 0.6 is 0 Å². The molecule has 0 aliphatic heterocycles. The van der Waals surface area contributed by atoms with E-state index in [1.807, 2.05) is 6.92 Å². The second-order valence-electron chi connectivity index (χ2n) is 5.71. The van der Waals surface area contributed by atoms with Crippen molar-refractivity contribution >= 4 is 11.7 Å². The smallest absolute Gasteiger partial charge is 0.223 e. The van der Waals surface area contributed by atoms with E-state index >= 15 is 0 Å². The van der Waals surface area contributed by atoms with Crippen LogP contribution in [-0.4, -0.2) is 17.7 Å². The zero-order chi connectivity index (χ0) is 12.4. The first-order valence-electron chi connectivity index (χ1n) is 6.96. The van der Waals surface area contributed by atoms with Gasteiger partial charge in [0, 0.05) is 23.8 Å². The van der Waals surface area contributed by atoms with Crippen LogP contribution in [-0.2, 0) is 9.59 Å². The van der Waals surface area contributed by atoms with Crippen molar-refractivity contribution in [3.05, 3.63) is 0 Å². The summed E-state index contributed by atoms with van der Waals surface area (Å²) in [5.41, 5.74) is 0. The van der Waals surface area contributed by atoms with Crippen molar-refractivity contribution in [2.75, 3.05) is 0 Å². The van der Waals surface area contributed by atoms with Gasteiger partial charge in [-0.25, -0.2) is 0 Å². The van der Waals surface area contributed by atoms with Crippen molar-refractivity contribution in [1.29, 1.82) is 0 Å². The normalized spacial score (nSPS) is 34.2. The summed E-state index contributed by atoms with van der Waals surface area (Å²) in [6, 6.07) is 0.250. The number of ketones is 1. The standard InChI is InChI=1S/C14H23NO2/c1-3-9(2)15-14(17)12-7-10-5-4-6-11(8-12)13(10)16/h9-12H,3-8H2,1-2H3,(H,15,17)/t9-,10-,11+,12?/m0/s1. The van der Waals surface area contributed by atoms with Crippen LogP contribution in [0.5, 0.6) is 0 Å². The number of hydrogen-bond donors (Lipinski definition) is 1. The second-order valence-corrected chi connectivity index (χ2v) is 5.71. The van der Waals surface area contributed by atoms with Crippen LogP contribution in [0.15, 0.2) is 0 Å². The van der Waals surface area contributed by atoms with Crippen molar-refractivity contribution in [2.45, 2.75) is 58.4 Å². The van der Waals surface area contributed by atoms with E-state index in [9.17, 15) is 9.59 Å². The molecule has 2 saturated carbocycles. The minimum Gasteiger partial charge on any atom is -0.353 e. The van der Waals surface area contributed by atoms with Gasteiger partial charge in [0.2, 0.25) is 5.91 Å². The minimum absolute atomic E-state index is 0.0806. The van der Waals surface area contributed by atoms with Crippen LogP contribution in [0.2, 0.25) is 0 Å². The Kier molecular flexibility index (Phi) is 3.85. The van der Waals surface area contributed by atoms with E-state index in [2.05, 4.69) is 12.2 Å². The Bertz CT molecular complexity index is 297. The summed E-state index contributed by atoms with van der Waals surface area (Å²) in [6.07, 6.45) is 5.71. The summed E-state index contributed by atoms with van der Waals surface area (Å²) in [6.45, 7) is 4.11. The maximum atomic E-state index is 12.1. The number of rotatable bonds is 3. The van der Waals surface area contributed by atoms with E-state index in [1.54, 1.807) is 0 Å². The molecule has 2 bridgehead atoms. The Labute approximate surface area is 103 Å². The molecule has 17 heavy (non-hydrogen) atoms.